The second-order valence-electron chi connectivity index (χ2n) is 4.13. The van der Waals surface area contributed by atoms with E-state index in [1.807, 2.05) is 0 Å². The number of nitrogens with two attached hydrogens (primary N) is 1. The fourth-order valence-electron chi connectivity index (χ4n) is 1.86. The number of hydrogen-bond donors (Lipinski definition) is 2. The number of nitrogens with one attached hydrogen (secondary N) is 1. The summed E-state index contributed by atoms with van der Waals surface area (Å²) in [7, 11) is 0. The predicted octanol–water partition coefficient (Wildman–Crippen LogP) is 0.752. The lowest BCUT2D eigenvalue weighted by Gasteiger charge is -2.17. The van der Waals surface area contributed by atoms with E-state index >= 15 is 0 Å². The van der Waals surface area contributed by atoms with Crippen molar-refractivity contribution in [1.82, 2.24) is 5.32 Å². The van der Waals surface area contributed by atoms with Crippen LogP contribution < -0.4 is 11.1 Å². The summed E-state index contributed by atoms with van der Waals surface area (Å²) >= 11 is 1.79. The third-order valence-corrected chi connectivity index (χ3v) is 3.50. The smallest absolute Gasteiger partial charge is 0.234 e. The molecule has 1 heterocycles. The summed E-state index contributed by atoms with van der Waals surface area (Å²) in [4.78, 5) is 11.2. The minimum atomic E-state index is -0.251. The summed E-state index contributed by atoms with van der Waals surface area (Å²) < 4.78 is 5.49. The Morgan fingerprint density at radius 1 is 1.69 bits per heavy atom. The average molecular weight is 246 g/mol. The number of amides is 1. The molecule has 0 aromatic carbocycles. The van der Waals surface area contributed by atoms with Crippen LogP contribution in [0.5, 0.6) is 0 Å². The number of carbonyl (C=O) groups excluding carboxylic acids is 1. The summed E-state index contributed by atoms with van der Waals surface area (Å²) in [5.41, 5.74) is 5.35. The molecule has 1 aliphatic rings. The molecule has 1 rings (SSSR count). The molecule has 0 spiro atoms. The number of hydrogen-bond acceptors (Lipinski definition) is 4. The Kier molecular flexibility index (Phi) is 6.84. The number of rotatable bonds is 8. The van der Waals surface area contributed by atoms with Crippen LogP contribution in [0.3, 0.4) is 0 Å². The highest BCUT2D eigenvalue weighted by Crippen LogP contribution is 2.11. The van der Waals surface area contributed by atoms with E-state index in [0.717, 1.165) is 44.6 Å². The van der Waals surface area contributed by atoms with Gasteiger partial charge in [-0.3, -0.25) is 4.79 Å². The van der Waals surface area contributed by atoms with Gasteiger partial charge in [0.25, 0.3) is 0 Å². The van der Waals surface area contributed by atoms with E-state index in [4.69, 9.17) is 10.5 Å². The van der Waals surface area contributed by atoms with E-state index < -0.39 is 0 Å². The molecule has 1 fully saturated rings. The number of primary amides is 1. The Hall–Kier alpha value is -0.260. The van der Waals surface area contributed by atoms with Crippen molar-refractivity contribution in [3.8, 4) is 0 Å². The van der Waals surface area contributed by atoms with Crippen molar-refractivity contribution in [1.29, 1.82) is 0 Å². The third kappa shape index (κ3) is 5.18. The van der Waals surface area contributed by atoms with Crippen molar-refractivity contribution in [2.24, 2.45) is 5.73 Å². The number of ether oxygens (including phenoxy) is 1. The molecule has 0 saturated carbocycles. The van der Waals surface area contributed by atoms with Crippen molar-refractivity contribution in [3.63, 3.8) is 0 Å². The van der Waals surface area contributed by atoms with Crippen LogP contribution in [-0.2, 0) is 9.53 Å². The molecule has 1 aliphatic heterocycles. The molecule has 4 nitrogen and oxygen atoms in total. The van der Waals surface area contributed by atoms with Gasteiger partial charge >= 0.3 is 0 Å². The zero-order valence-electron chi connectivity index (χ0n) is 9.91. The second kappa shape index (κ2) is 7.92. The van der Waals surface area contributed by atoms with Crippen LogP contribution in [0.4, 0.5) is 0 Å². The lowest BCUT2D eigenvalue weighted by molar-refractivity contribution is -0.120. The van der Waals surface area contributed by atoms with Crippen molar-refractivity contribution < 1.29 is 9.53 Å². The molecule has 1 amide bonds. The lowest BCUT2D eigenvalue weighted by atomic mass is 10.1. The molecule has 1 saturated heterocycles. The van der Waals surface area contributed by atoms with Crippen LogP contribution in [0.1, 0.15) is 25.7 Å². The van der Waals surface area contributed by atoms with E-state index in [1.54, 1.807) is 11.8 Å². The summed E-state index contributed by atoms with van der Waals surface area (Å²) in [6, 6.07) is -0.198. The van der Waals surface area contributed by atoms with Gasteiger partial charge in [0.2, 0.25) is 5.91 Å². The van der Waals surface area contributed by atoms with E-state index in [1.165, 1.54) is 0 Å². The molecule has 2 unspecified atom stereocenters. The van der Waals surface area contributed by atoms with Gasteiger partial charge in [0.05, 0.1) is 12.1 Å². The maximum atomic E-state index is 11.2. The zero-order chi connectivity index (χ0) is 11.8. The van der Waals surface area contributed by atoms with Crippen molar-refractivity contribution in [2.75, 3.05) is 25.2 Å². The Bertz CT molecular complexity index is 208. The maximum Gasteiger partial charge on any atom is 0.234 e. The van der Waals surface area contributed by atoms with Gasteiger partial charge in [-0.05, 0) is 37.7 Å². The van der Waals surface area contributed by atoms with E-state index in [-0.39, 0.29) is 18.1 Å². The number of thioether (sulfide) groups is 1. The summed E-state index contributed by atoms with van der Waals surface area (Å²) in [5, 5.41) is 3.21. The first-order valence-electron chi connectivity index (χ1n) is 5.87. The second-order valence-corrected chi connectivity index (χ2v) is 5.12. The van der Waals surface area contributed by atoms with Gasteiger partial charge in [-0.25, -0.2) is 0 Å². The topological polar surface area (TPSA) is 64.3 Å². The van der Waals surface area contributed by atoms with Crippen LogP contribution in [0.2, 0.25) is 0 Å². The molecule has 0 radical (unpaired) electrons. The molecule has 0 aromatic heterocycles. The first kappa shape index (κ1) is 13.8. The molecular formula is C11H22N2O2S. The maximum absolute atomic E-state index is 11.2. The fourth-order valence-corrected chi connectivity index (χ4v) is 2.31. The lowest BCUT2D eigenvalue weighted by Crippen LogP contribution is -2.44. The van der Waals surface area contributed by atoms with Crippen molar-refractivity contribution in [2.45, 2.75) is 37.8 Å². The first-order valence-corrected chi connectivity index (χ1v) is 7.26. The molecule has 0 aliphatic carbocycles. The highest BCUT2D eigenvalue weighted by molar-refractivity contribution is 7.98. The standard InChI is InChI=1S/C11H22N2O2S/c1-16-7-3-5-10(11(12)14)13-8-9-4-2-6-15-9/h9-10,13H,2-8H2,1H3,(H2,12,14). The molecule has 2 atom stereocenters. The minimum Gasteiger partial charge on any atom is -0.377 e. The first-order chi connectivity index (χ1) is 7.74. The molecular weight excluding hydrogens is 224 g/mol. The number of carbonyl (C=O) groups is 1. The molecule has 16 heavy (non-hydrogen) atoms. The van der Waals surface area contributed by atoms with E-state index in [2.05, 4.69) is 11.6 Å². The van der Waals surface area contributed by atoms with Crippen LogP contribution in [-0.4, -0.2) is 43.2 Å². The van der Waals surface area contributed by atoms with Gasteiger partial charge in [0, 0.05) is 13.2 Å². The monoisotopic (exact) mass is 246 g/mol. The van der Waals surface area contributed by atoms with Gasteiger partial charge in [-0.15, -0.1) is 0 Å². The van der Waals surface area contributed by atoms with Gasteiger partial charge in [-0.2, -0.15) is 11.8 Å². The Labute approximate surface area is 102 Å². The highest BCUT2D eigenvalue weighted by atomic mass is 32.2. The largest absolute Gasteiger partial charge is 0.377 e. The fraction of sp³-hybridized carbons (Fsp3) is 0.909. The molecule has 0 aromatic rings. The van der Waals surface area contributed by atoms with E-state index in [0.29, 0.717) is 0 Å². The van der Waals surface area contributed by atoms with Crippen molar-refractivity contribution in [3.05, 3.63) is 0 Å². The third-order valence-electron chi connectivity index (χ3n) is 2.80. The summed E-state index contributed by atoms with van der Waals surface area (Å²) in [6.07, 6.45) is 6.39. The summed E-state index contributed by atoms with van der Waals surface area (Å²) in [5.74, 6) is 0.824. The molecule has 3 N–H and O–H groups in total. The van der Waals surface area contributed by atoms with Crippen LogP contribution in [0.25, 0.3) is 0 Å². The van der Waals surface area contributed by atoms with Crippen LogP contribution in [0.15, 0.2) is 0 Å². The normalized spacial score (nSPS) is 22.2. The Balaban J connectivity index is 2.18. The van der Waals surface area contributed by atoms with Crippen LogP contribution >= 0.6 is 11.8 Å². The average Bonchev–Trinajstić information content (AvgIpc) is 2.75. The quantitative estimate of drug-likeness (QED) is 0.620. The SMILES string of the molecule is CSCCCC(NCC1CCCO1)C(N)=O. The molecule has 0 bridgehead atoms. The minimum absolute atomic E-state index is 0.198. The Morgan fingerprint density at radius 2 is 2.50 bits per heavy atom. The van der Waals surface area contributed by atoms with E-state index in [9.17, 15) is 4.79 Å². The zero-order valence-corrected chi connectivity index (χ0v) is 10.7. The predicted molar refractivity (Wildman–Crippen MR) is 67.6 cm³/mol. The highest BCUT2D eigenvalue weighted by Gasteiger charge is 2.19. The molecule has 5 heteroatoms. The van der Waals surface area contributed by atoms with Gasteiger partial charge in [0.15, 0.2) is 0 Å². The van der Waals surface area contributed by atoms with Gasteiger partial charge < -0.3 is 15.8 Å². The Morgan fingerprint density at radius 3 is 3.06 bits per heavy atom. The van der Waals surface area contributed by atoms with Gasteiger partial charge in [0.1, 0.15) is 0 Å². The molecule has 94 valence electrons. The van der Waals surface area contributed by atoms with Gasteiger partial charge in [-0.1, -0.05) is 0 Å². The van der Waals surface area contributed by atoms with Crippen molar-refractivity contribution >= 4 is 17.7 Å². The van der Waals surface area contributed by atoms with Crippen LogP contribution in [0, 0.1) is 0 Å². The summed E-state index contributed by atoms with van der Waals surface area (Å²) in [6.45, 7) is 1.59.